The second kappa shape index (κ2) is 8.05. The molecule has 0 spiro atoms. The number of piperazine rings is 1. The summed E-state index contributed by atoms with van der Waals surface area (Å²) in [5, 5.41) is 5.72. The summed E-state index contributed by atoms with van der Waals surface area (Å²) in [7, 11) is 1.45. The monoisotopic (exact) mass is 392 g/mol. The van der Waals surface area contributed by atoms with Gasteiger partial charge in [-0.3, -0.25) is 19.4 Å². The Morgan fingerprint density at radius 2 is 1.82 bits per heavy atom. The maximum Gasteiger partial charge on any atom is 0.238 e. The molecule has 0 radical (unpaired) electrons. The highest BCUT2D eigenvalue weighted by Crippen LogP contribution is 2.31. The van der Waals surface area contributed by atoms with Crippen LogP contribution in [0.2, 0.25) is 0 Å². The van der Waals surface area contributed by atoms with Gasteiger partial charge in [-0.15, -0.1) is 0 Å². The third kappa shape index (κ3) is 5.20. The number of nitrogens with zero attached hydrogens (tertiary/aromatic N) is 2. The van der Waals surface area contributed by atoms with Crippen LogP contribution >= 0.6 is 0 Å². The van der Waals surface area contributed by atoms with Crippen LogP contribution in [0.3, 0.4) is 0 Å². The summed E-state index contributed by atoms with van der Waals surface area (Å²) in [5.41, 5.74) is 0.144. The van der Waals surface area contributed by atoms with Crippen LogP contribution in [0.5, 0.6) is 5.75 Å². The molecule has 154 valence electrons. The van der Waals surface area contributed by atoms with Gasteiger partial charge in [0, 0.05) is 48.5 Å². The number of fused-ring (bicyclic) bond motifs is 2. The van der Waals surface area contributed by atoms with E-state index in [1.165, 1.54) is 19.2 Å². The zero-order chi connectivity index (χ0) is 20.5. The Morgan fingerprint density at radius 3 is 2.43 bits per heavy atom. The van der Waals surface area contributed by atoms with E-state index in [4.69, 9.17) is 4.74 Å². The molecule has 3 saturated heterocycles. The van der Waals surface area contributed by atoms with E-state index in [0.29, 0.717) is 30.1 Å². The van der Waals surface area contributed by atoms with E-state index >= 15 is 0 Å². The molecule has 2 atom stereocenters. The zero-order valence-corrected chi connectivity index (χ0v) is 16.9. The molecular weight excluding hydrogens is 363 g/mol. The van der Waals surface area contributed by atoms with Crippen LogP contribution in [0.25, 0.3) is 0 Å². The number of ether oxygens (including phenoxy) is 1. The Balaban J connectivity index is 1.47. The zero-order valence-electron chi connectivity index (χ0n) is 16.9. The second-order valence-corrected chi connectivity index (χ2v) is 8.64. The maximum absolute atomic E-state index is 13.6. The van der Waals surface area contributed by atoms with E-state index in [0.717, 1.165) is 19.5 Å². The molecule has 3 aliphatic rings. The lowest BCUT2D eigenvalue weighted by Gasteiger charge is -2.56. The van der Waals surface area contributed by atoms with Gasteiger partial charge in [0.15, 0.2) is 0 Å². The van der Waals surface area contributed by atoms with Crippen LogP contribution in [0.4, 0.5) is 10.1 Å². The molecule has 2 unspecified atom stereocenters. The van der Waals surface area contributed by atoms with Gasteiger partial charge in [0.25, 0.3) is 0 Å². The lowest BCUT2D eigenvalue weighted by molar-refractivity contribution is -0.134. The van der Waals surface area contributed by atoms with E-state index in [1.54, 1.807) is 6.07 Å². The molecule has 0 aliphatic carbocycles. The van der Waals surface area contributed by atoms with Crippen molar-refractivity contribution in [3.05, 3.63) is 24.0 Å². The van der Waals surface area contributed by atoms with Crippen molar-refractivity contribution < 1.29 is 18.7 Å². The molecule has 3 fully saturated rings. The number of benzene rings is 1. The van der Waals surface area contributed by atoms with Gasteiger partial charge in [0.2, 0.25) is 11.8 Å². The fourth-order valence-electron chi connectivity index (χ4n) is 3.94. The first-order valence-corrected chi connectivity index (χ1v) is 9.56. The number of piperidine rings is 1. The molecule has 0 aromatic heterocycles. The number of carbonyl (C=O) groups is 2. The minimum absolute atomic E-state index is 0.0356. The average Bonchev–Trinajstić information content (AvgIpc) is 2.57. The number of carbonyl (C=O) groups excluding carboxylic acids is 2. The van der Waals surface area contributed by atoms with Crippen molar-refractivity contribution in [3.8, 4) is 5.75 Å². The quantitative estimate of drug-likeness (QED) is 0.767. The third-order valence-electron chi connectivity index (χ3n) is 5.02. The lowest BCUT2D eigenvalue weighted by Crippen LogP contribution is -2.70. The highest BCUT2D eigenvalue weighted by molar-refractivity contribution is 5.92. The number of rotatable bonds is 6. The molecule has 2 N–H and O–H groups in total. The Bertz CT molecular complexity index is 737. The van der Waals surface area contributed by atoms with E-state index < -0.39 is 5.82 Å². The van der Waals surface area contributed by atoms with Crippen molar-refractivity contribution in [2.75, 3.05) is 38.6 Å². The van der Waals surface area contributed by atoms with Crippen LogP contribution in [0, 0.1) is 5.82 Å². The fourth-order valence-corrected chi connectivity index (χ4v) is 3.94. The van der Waals surface area contributed by atoms with Gasteiger partial charge in [-0.1, -0.05) is 0 Å². The van der Waals surface area contributed by atoms with Crippen LogP contribution in [-0.4, -0.2) is 72.5 Å². The van der Waals surface area contributed by atoms with Gasteiger partial charge in [-0.2, -0.15) is 0 Å². The highest BCUT2D eigenvalue weighted by atomic mass is 19.1. The number of methoxy groups -OCH3 is 1. The number of amides is 2. The summed E-state index contributed by atoms with van der Waals surface area (Å²) >= 11 is 0. The van der Waals surface area contributed by atoms with Gasteiger partial charge in [-0.05, 0) is 33.3 Å². The standard InChI is InChI=1S/C20H29FN4O3/c1-20(2,3)23-19(27)12-25-15-8-16(25)10-24(9-15)11-18(26)22-14-5-13(21)6-17(7-14)28-4/h5-7,15-16H,8-12H2,1-4H3,(H,22,26)(H,23,27). The Hall–Kier alpha value is -2.19. The molecular formula is C20H29FN4O3. The summed E-state index contributed by atoms with van der Waals surface area (Å²) in [5.74, 6) is -0.254. The van der Waals surface area contributed by atoms with Crippen molar-refractivity contribution in [1.82, 2.24) is 15.1 Å². The molecule has 3 heterocycles. The fraction of sp³-hybridized carbons (Fsp3) is 0.600. The van der Waals surface area contributed by atoms with Gasteiger partial charge < -0.3 is 15.4 Å². The molecule has 2 bridgehead atoms. The Kier molecular flexibility index (Phi) is 5.90. The first-order chi connectivity index (χ1) is 13.1. The predicted molar refractivity (Wildman–Crippen MR) is 105 cm³/mol. The van der Waals surface area contributed by atoms with E-state index in [-0.39, 0.29) is 23.9 Å². The van der Waals surface area contributed by atoms with Crippen LogP contribution in [0.15, 0.2) is 18.2 Å². The Morgan fingerprint density at radius 1 is 1.14 bits per heavy atom. The minimum atomic E-state index is -0.460. The number of anilines is 1. The Labute approximate surface area is 165 Å². The molecule has 1 aromatic carbocycles. The molecule has 1 aromatic rings. The van der Waals surface area contributed by atoms with Gasteiger partial charge >= 0.3 is 0 Å². The number of hydrogen-bond donors (Lipinski definition) is 2. The summed E-state index contributed by atoms with van der Waals surface area (Å²) in [6, 6.07) is 4.71. The molecule has 3 aliphatic heterocycles. The number of hydrogen-bond acceptors (Lipinski definition) is 5. The van der Waals surface area contributed by atoms with Crippen molar-refractivity contribution in [3.63, 3.8) is 0 Å². The average molecular weight is 392 g/mol. The van der Waals surface area contributed by atoms with E-state index in [9.17, 15) is 14.0 Å². The first-order valence-electron chi connectivity index (χ1n) is 9.56. The number of halogens is 1. The van der Waals surface area contributed by atoms with Gasteiger partial charge in [0.1, 0.15) is 11.6 Å². The smallest absolute Gasteiger partial charge is 0.238 e. The summed E-state index contributed by atoms with van der Waals surface area (Å²) in [6.45, 7) is 8.05. The first kappa shape index (κ1) is 20.5. The second-order valence-electron chi connectivity index (χ2n) is 8.64. The normalized spacial score (nSPS) is 22.3. The molecule has 0 saturated carbocycles. The highest BCUT2D eigenvalue weighted by Gasteiger charge is 2.45. The summed E-state index contributed by atoms with van der Waals surface area (Å²) < 4.78 is 18.6. The minimum Gasteiger partial charge on any atom is -0.497 e. The predicted octanol–water partition coefficient (Wildman–Crippen LogP) is 1.45. The molecule has 4 rings (SSSR count). The van der Waals surface area contributed by atoms with Crippen molar-refractivity contribution >= 4 is 17.5 Å². The van der Waals surface area contributed by atoms with Crippen molar-refractivity contribution in [2.45, 2.75) is 44.8 Å². The molecule has 2 amide bonds. The largest absolute Gasteiger partial charge is 0.497 e. The van der Waals surface area contributed by atoms with Crippen LogP contribution in [-0.2, 0) is 9.59 Å². The van der Waals surface area contributed by atoms with Crippen molar-refractivity contribution in [1.29, 1.82) is 0 Å². The van der Waals surface area contributed by atoms with Gasteiger partial charge in [0.05, 0.1) is 20.2 Å². The summed E-state index contributed by atoms with van der Waals surface area (Å²) in [4.78, 5) is 28.8. The van der Waals surface area contributed by atoms with Crippen LogP contribution in [0.1, 0.15) is 27.2 Å². The van der Waals surface area contributed by atoms with Gasteiger partial charge in [-0.25, -0.2) is 4.39 Å². The topological polar surface area (TPSA) is 73.9 Å². The summed E-state index contributed by atoms with van der Waals surface area (Å²) in [6.07, 6.45) is 1.06. The van der Waals surface area contributed by atoms with E-state index in [1.807, 2.05) is 20.8 Å². The molecule has 28 heavy (non-hydrogen) atoms. The van der Waals surface area contributed by atoms with Crippen molar-refractivity contribution in [2.24, 2.45) is 0 Å². The number of nitrogens with one attached hydrogen (secondary N) is 2. The SMILES string of the molecule is COc1cc(F)cc(NC(=O)CN2CC3CC(C2)N3CC(=O)NC(C)(C)C)c1. The maximum atomic E-state index is 13.6. The lowest BCUT2D eigenvalue weighted by atomic mass is 9.87. The molecule has 8 heteroatoms. The third-order valence-corrected chi connectivity index (χ3v) is 5.02. The van der Waals surface area contributed by atoms with E-state index in [2.05, 4.69) is 20.4 Å². The molecule has 7 nitrogen and oxygen atoms in total. The van der Waals surface area contributed by atoms with Crippen LogP contribution < -0.4 is 15.4 Å².